The van der Waals surface area contributed by atoms with Gasteiger partial charge in [0.25, 0.3) is 0 Å². The van der Waals surface area contributed by atoms with E-state index in [1.165, 1.54) is 0 Å². The van der Waals surface area contributed by atoms with Crippen molar-refractivity contribution in [3.63, 3.8) is 0 Å². The summed E-state index contributed by atoms with van der Waals surface area (Å²) >= 11 is 0. The molecule has 0 aliphatic carbocycles. The van der Waals surface area contributed by atoms with Crippen LogP contribution in [-0.4, -0.2) is 4.98 Å². The predicted molar refractivity (Wildman–Crippen MR) is 27.5 cm³/mol. The number of pyridine rings is 1. The standard InChI is InChI=1S/C5H5N2.Co/c6-5-2-1-3-7-4-5;/h2-4H,6H2;/q-1;. The van der Waals surface area contributed by atoms with Gasteiger partial charge in [-0.05, 0) is 6.20 Å². The first-order valence-corrected chi connectivity index (χ1v) is 1.96. The molecule has 0 atom stereocenters. The molecule has 0 fully saturated rings. The van der Waals surface area contributed by atoms with Gasteiger partial charge >= 0.3 is 0 Å². The molecule has 0 aliphatic rings. The largest absolute Gasteiger partial charge is 0.474 e. The minimum Gasteiger partial charge on any atom is -0.474 e. The van der Waals surface area contributed by atoms with Gasteiger partial charge in [0, 0.05) is 16.8 Å². The first-order valence-electron chi connectivity index (χ1n) is 1.96. The van der Waals surface area contributed by atoms with E-state index in [1.54, 1.807) is 18.5 Å². The van der Waals surface area contributed by atoms with Gasteiger partial charge in [0.05, 0.1) is 0 Å². The Morgan fingerprint density at radius 2 is 2.38 bits per heavy atom. The molecule has 1 aromatic heterocycles. The summed E-state index contributed by atoms with van der Waals surface area (Å²) in [5.74, 6) is 0. The van der Waals surface area contributed by atoms with Crippen LogP contribution in [0, 0.1) is 6.07 Å². The molecule has 0 amide bonds. The molecule has 0 saturated carbocycles. The van der Waals surface area contributed by atoms with Gasteiger partial charge in [0.15, 0.2) is 0 Å². The zero-order valence-electron chi connectivity index (χ0n) is 4.09. The second kappa shape index (κ2) is 3.46. The number of aromatic nitrogens is 1. The van der Waals surface area contributed by atoms with Gasteiger partial charge < -0.3 is 10.7 Å². The quantitative estimate of drug-likeness (QED) is 0.548. The van der Waals surface area contributed by atoms with Crippen molar-refractivity contribution >= 4 is 5.69 Å². The second-order valence-corrected chi connectivity index (χ2v) is 1.22. The molecule has 0 aromatic carbocycles. The number of rotatable bonds is 0. The summed E-state index contributed by atoms with van der Waals surface area (Å²) in [4.78, 5) is 3.70. The fourth-order valence-corrected chi connectivity index (χ4v) is 0.337. The number of hydrogen-bond donors (Lipinski definition) is 1. The Kier molecular flexibility index (Phi) is 3.22. The molecule has 1 aromatic rings. The molecular weight excluding hydrogens is 147 g/mol. The monoisotopic (exact) mass is 152 g/mol. The Morgan fingerprint density at radius 3 is 2.62 bits per heavy atom. The van der Waals surface area contributed by atoms with E-state index in [9.17, 15) is 0 Å². The number of nitrogen functional groups attached to an aromatic ring is 1. The SMILES string of the molecule is Nc1c[c-]cnc1.[Co]. The average Bonchev–Trinajstić information content (AvgIpc) is 1.69. The maximum absolute atomic E-state index is 5.26. The Morgan fingerprint density at radius 1 is 1.62 bits per heavy atom. The van der Waals surface area contributed by atoms with E-state index < -0.39 is 0 Å². The third-order valence-corrected chi connectivity index (χ3v) is 0.623. The zero-order chi connectivity index (χ0) is 5.11. The summed E-state index contributed by atoms with van der Waals surface area (Å²) in [6.07, 6.45) is 3.15. The van der Waals surface area contributed by atoms with Crippen molar-refractivity contribution < 1.29 is 16.8 Å². The molecule has 1 heterocycles. The van der Waals surface area contributed by atoms with Crippen LogP contribution in [0.5, 0.6) is 0 Å². The fourth-order valence-electron chi connectivity index (χ4n) is 0.337. The second-order valence-electron chi connectivity index (χ2n) is 1.22. The zero-order valence-corrected chi connectivity index (χ0v) is 5.13. The number of nitrogens with two attached hydrogens (primary N) is 1. The van der Waals surface area contributed by atoms with E-state index in [2.05, 4.69) is 11.1 Å². The van der Waals surface area contributed by atoms with Crippen LogP contribution in [0.4, 0.5) is 5.69 Å². The van der Waals surface area contributed by atoms with E-state index in [-0.39, 0.29) is 16.8 Å². The maximum atomic E-state index is 5.26. The molecule has 0 saturated heterocycles. The van der Waals surface area contributed by atoms with Crippen LogP contribution in [0.3, 0.4) is 0 Å². The van der Waals surface area contributed by atoms with Crippen molar-refractivity contribution in [2.24, 2.45) is 0 Å². The van der Waals surface area contributed by atoms with Crippen molar-refractivity contribution in [1.29, 1.82) is 0 Å². The van der Waals surface area contributed by atoms with E-state index in [4.69, 9.17) is 5.73 Å². The third kappa shape index (κ3) is 1.95. The Labute approximate surface area is 58.3 Å². The molecule has 45 valence electrons. The van der Waals surface area contributed by atoms with E-state index in [1.807, 2.05) is 0 Å². The van der Waals surface area contributed by atoms with Crippen LogP contribution in [0.1, 0.15) is 0 Å². The Bertz CT molecular complexity index is 140. The van der Waals surface area contributed by atoms with Gasteiger partial charge in [-0.2, -0.15) is 0 Å². The summed E-state index contributed by atoms with van der Waals surface area (Å²) in [7, 11) is 0. The average molecular weight is 152 g/mol. The van der Waals surface area contributed by atoms with Crippen molar-refractivity contribution in [3.05, 3.63) is 24.5 Å². The number of nitrogens with zero attached hydrogens (tertiary/aromatic N) is 1. The van der Waals surface area contributed by atoms with E-state index in [0.717, 1.165) is 0 Å². The normalized spacial score (nSPS) is 7.50. The Hall–Kier alpha value is -0.544. The third-order valence-electron chi connectivity index (χ3n) is 0.623. The van der Waals surface area contributed by atoms with Crippen LogP contribution in [0.2, 0.25) is 0 Å². The van der Waals surface area contributed by atoms with Gasteiger partial charge in [0.2, 0.25) is 0 Å². The maximum Gasteiger partial charge on any atom is 0 e. The fraction of sp³-hybridized carbons (Fsp3) is 0. The first kappa shape index (κ1) is 7.46. The van der Waals surface area contributed by atoms with Crippen LogP contribution >= 0.6 is 0 Å². The van der Waals surface area contributed by atoms with Crippen LogP contribution < -0.4 is 5.73 Å². The van der Waals surface area contributed by atoms with Crippen LogP contribution in [0.15, 0.2) is 18.5 Å². The number of hydrogen-bond acceptors (Lipinski definition) is 2. The van der Waals surface area contributed by atoms with Gasteiger partial charge in [-0.25, -0.2) is 12.1 Å². The molecule has 0 bridgehead atoms. The van der Waals surface area contributed by atoms with E-state index in [0.29, 0.717) is 5.69 Å². The number of anilines is 1. The van der Waals surface area contributed by atoms with Crippen molar-refractivity contribution in [2.75, 3.05) is 5.73 Å². The van der Waals surface area contributed by atoms with Crippen molar-refractivity contribution in [1.82, 2.24) is 4.98 Å². The first-order chi connectivity index (χ1) is 3.39. The summed E-state index contributed by atoms with van der Waals surface area (Å²) in [5.41, 5.74) is 5.92. The molecule has 0 unspecified atom stereocenters. The minimum atomic E-state index is 0. The van der Waals surface area contributed by atoms with Gasteiger partial charge in [0.1, 0.15) is 0 Å². The van der Waals surface area contributed by atoms with Gasteiger partial charge in [-0.3, -0.25) is 0 Å². The van der Waals surface area contributed by atoms with Crippen LogP contribution in [0.25, 0.3) is 0 Å². The van der Waals surface area contributed by atoms with Crippen molar-refractivity contribution in [3.8, 4) is 0 Å². The molecular formula is C5H5CoN2-. The molecule has 0 spiro atoms. The van der Waals surface area contributed by atoms with Gasteiger partial charge in [-0.15, -0.1) is 5.69 Å². The van der Waals surface area contributed by atoms with Gasteiger partial charge in [-0.1, -0.05) is 6.20 Å². The molecule has 0 aliphatic heterocycles. The molecule has 2 N–H and O–H groups in total. The summed E-state index contributed by atoms with van der Waals surface area (Å²) in [6.45, 7) is 0. The Balaban J connectivity index is 0.000000490. The molecule has 8 heavy (non-hydrogen) atoms. The molecule has 1 radical (unpaired) electrons. The minimum absolute atomic E-state index is 0. The van der Waals surface area contributed by atoms with E-state index >= 15 is 0 Å². The predicted octanol–water partition coefficient (Wildman–Crippen LogP) is 0.461. The topological polar surface area (TPSA) is 38.9 Å². The smallest absolute Gasteiger partial charge is 0 e. The van der Waals surface area contributed by atoms with Crippen LogP contribution in [-0.2, 0) is 16.8 Å². The molecule has 2 nitrogen and oxygen atoms in total. The van der Waals surface area contributed by atoms with Crippen molar-refractivity contribution in [2.45, 2.75) is 0 Å². The molecule has 3 heteroatoms. The molecule has 1 rings (SSSR count). The summed E-state index contributed by atoms with van der Waals surface area (Å²) in [5, 5.41) is 0. The summed E-state index contributed by atoms with van der Waals surface area (Å²) < 4.78 is 0. The summed E-state index contributed by atoms with van der Waals surface area (Å²) in [6, 6.07) is 4.40.